The highest BCUT2D eigenvalue weighted by Gasteiger charge is 2.28. The van der Waals surface area contributed by atoms with Gasteiger partial charge in [-0.05, 0) is 73.4 Å². The van der Waals surface area contributed by atoms with Crippen LogP contribution in [-0.4, -0.2) is 35.1 Å². The van der Waals surface area contributed by atoms with E-state index in [2.05, 4.69) is 19.2 Å². The lowest BCUT2D eigenvalue weighted by Gasteiger charge is -2.27. The van der Waals surface area contributed by atoms with Gasteiger partial charge in [0.15, 0.2) is 0 Å². The van der Waals surface area contributed by atoms with Gasteiger partial charge in [-0.25, -0.2) is 8.42 Å². The molecule has 0 fully saturated rings. The van der Waals surface area contributed by atoms with Crippen molar-refractivity contribution in [2.45, 2.75) is 38.1 Å². The maximum absolute atomic E-state index is 13.6. The molecule has 8 heteroatoms. The highest BCUT2D eigenvalue weighted by Crippen LogP contribution is 2.27. The summed E-state index contributed by atoms with van der Waals surface area (Å²) in [5, 5.41) is 3.05. The third-order valence-corrected chi connectivity index (χ3v) is 7.61. The standard InChI is InChI=1S/C28H34N2O5S/c1-20(2)18-27(22-8-12-24(34-4)13-9-22)29-28(31)19-30(23-10-6-21(3)7-11-23)36(32,33)26-16-14-25(35-5)15-17-26/h6-17,20,27H,18-19H2,1-5H3,(H,29,31)/t27-/m0/s1. The lowest BCUT2D eigenvalue weighted by Crippen LogP contribution is -2.42. The number of ether oxygens (including phenoxy) is 2. The minimum absolute atomic E-state index is 0.0746. The predicted molar refractivity (Wildman–Crippen MR) is 142 cm³/mol. The maximum Gasteiger partial charge on any atom is 0.264 e. The Bertz CT molecular complexity index is 1240. The van der Waals surface area contributed by atoms with Gasteiger partial charge in [-0.15, -0.1) is 0 Å². The first-order valence-corrected chi connectivity index (χ1v) is 13.2. The molecule has 1 N–H and O–H groups in total. The number of aryl methyl sites for hydroxylation is 1. The van der Waals surface area contributed by atoms with E-state index in [1.807, 2.05) is 43.3 Å². The number of nitrogens with one attached hydrogen (secondary N) is 1. The third kappa shape index (κ3) is 6.79. The second-order valence-electron chi connectivity index (χ2n) is 9.05. The number of hydrogen-bond acceptors (Lipinski definition) is 5. The SMILES string of the molecule is COc1ccc([C@H](CC(C)C)NC(=O)CN(c2ccc(C)cc2)S(=O)(=O)c2ccc(OC)cc2)cc1. The Kier molecular flexibility index (Phi) is 8.98. The second-order valence-corrected chi connectivity index (χ2v) is 10.9. The van der Waals surface area contributed by atoms with Crippen molar-refractivity contribution in [1.29, 1.82) is 0 Å². The van der Waals surface area contributed by atoms with Crippen molar-refractivity contribution < 1.29 is 22.7 Å². The van der Waals surface area contributed by atoms with Crippen LogP contribution in [0.2, 0.25) is 0 Å². The van der Waals surface area contributed by atoms with Crippen LogP contribution in [0, 0.1) is 12.8 Å². The summed E-state index contributed by atoms with van der Waals surface area (Å²) in [5.41, 5.74) is 2.33. The number of nitrogens with zero attached hydrogens (tertiary/aromatic N) is 1. The van der Waals surface area contributed by atoms with Gasteiger partial charge >= 0.3 is 0 Å². The number of carbonyl (C=O) groups excluding carboxylic acids is 1. The van der Waals surface area contributed by atoms with E-state index in [0.717, 1.165) is 21.2 Å². The van der Waals surface area contributed by atoms with E-state index in [1.54, 1.807) is 31.4 Å². The normalized spacial score (nSPS) is 12.2. The summed E-state index contributed by atoms with van der Waals surface area (Å²) in [7, 11) is -0.900. The molecule has 3 rings (SSSR count). The van der Waals surface area contributed by atoms with Crippen molar-refractivity contribution >= 4 is 21.6 Å². The summed E-state index contributed by atoms with van der Waals surface area (Å²) in [6.07, 6.45) is 0.702. The fourth-order valence-corrected chi connectivity index (χ4v) is 5.28. The molecule has 192 valence electrons. The maximum atomic E-state index is 13.6. The Morgan fingerprint density at radius 2 is 1.39 bits per heavy atom. The Morgan fingerprint density at radius 3 is 1.89 bits per heavy atom. The molecule has 0 spiro atoms. The largest absolute Gasteiger partial charge is 0.497 e. The van der Waals surface area contributed by atoms with Crippen molar-refractivity contribution in [2.24, 2.45) is 5.92 Å². The summed E-state index contributed by atoms with van der Waals surface area (Å²) in [6.45, 7) is 5.72. The van der Waals surface area contributed by atoms with Crippen LogP contribution in [0.4, 0.5) is 5.69 Å². The molecule has 0 bridgehead atoms. The van der Waals surface area contributed by atoms with Gasteiger partial charge in [0.1, 0.15) is 18.0 Å². The zero-order valence-corrected chi connectivity index (χ0v) is 22.2. The van der Waals surface area contributed by atoms with Crippen molar-refractivity contribution in [3.8, 4) is 11.5 Å². The molecule has 0 aliphatic rings. The number of anilines is 1. The Hall–Kier alpha value is -3.52. The van der Waals surface area contributed by atoms with Gasteiger partial charge in [-0.3, -0.25) is 9.10 Å². The van der Waals surface area contributed by atoms with E-state index in [0.29, 0.717) is 23.8 Å². The topological polar surface area (TPSA) is 84.9 Å². The van der Waals surface area contributed by atoms with Gasteiger partial charge < -0.3 is 14.8 Å². The Morgan fingerprint density at radius 1 is 0.861 bits per heavy atom. The lowest BCUT2D eigenvalue weighted by atomic mass is 9.97. The quantitative estimate of drug-likeness (QED) is 0.387. The molecule has 0 unspecified atom stereocenters. The Balaban J connectivity index is 1.91. The van der Waals surface area contributed by atoms with Crippen LogP contribution in [0.15, 0.2) is 77.7 Å². The van der Waals surface area contributed by atoms with E-state index in [1.165, 1.54) is 19.2 Å². The number of rotatable bonds is 11. The van der Waals surface area contributed by atoms with Gasteiger partial charge in [-0.2, -0.15) is 0 Å². The molecule has 0 aromatic heterocycles. The molecule has 36 heavy (non-hydrogen) atoms. The van der Waals surface area contributed by atoms with Gasteiger partial charge in [0.25, 0.3) is 10.0 Å². The summed E-state index contributed by atoms with van der Waals surface area (Å²) >= 11 is 0. The highest BCUT2D eigenvalue weighted by molar-refractivity contribution is 7.92. The number of benzene rings is 3. The summed E-state index contributed by atoms with van der Waals surface area (Å²) in [6, 6.07) is 20.4. The van der Waals surface area contributed by atoms with E-state index in [9.17, 15) is 13.2 Å². The number of hydrogen-bond donors (Lipinski definition) is 1. The number of methoxy groups -OCH3 is 2. The summed E-state index contributed by atoms with van der Waals surface area (Å²) in [5.74, 6) is 1.19. The molecular formula is C28H34N2O5S. The first kappa shape index (κ1) is 27.1. The van der Waals surface area contributed by atoms with Crippen LogP contribution in [0.1, 0.15) is 37.4 Å². The molecule has 0 radical (unpaired) electrons. The summed E-state index contributed by atoms with van der Waals surface area (Å²) < 4.78 is 38.8. The van der Waals surface area contributed by atoms with Gasteiger partial charge in [0, 0.05) is 0 Å². The van der Waals surface area contributed by atoms with E-state index in [4.69, 9.17) is 9.47 Å². The number of amides is 1. The number of carbonyl (C=O) groups is 1. The molecule has 0 saturated heterocycles. The average molecular weight is 511 g/mol. The predicted octanol–water partition coefficient (Wildman–Crippen LogP) is 5.11. The van der Waals surface area contributed by atoms with E-state index >= 15 is 0 Å². The molecule has 3 aromatic rings. The first-order chi connectivity index (χ1) is 17.1. The van der Waals surface area contributed by atoms with E-state index in [-0.39, 0.29) is 17.5 Å². The minimum atomic E-state index is -4.02. The van der Waals surface area contributed by atoms with Crippen molar-refractivity contribution in [2.75, 3.05) is 25.1 Å². The van der Waals surface area contributed by atoms with Crippen LogP contribution < -0.4 is 19.1 Å². The van der Waals surface area contributed by atoms with Crippen molar-refractivity contribution in [3.63, 3.8) is 0 Å². The van der Waals surface area contributed by atoms with Crippen molar-refractivity contribution in [1.82, 2.24) is 5.32 Å². The van der Waals surface area contributed by atoms with Crippen LogP contribution in [0.3, 0.4) is 0 Å². The van der Waals surface area contributed by atoms with Gasteiger partial charge in [0.2, 0.25) is 5.91 Å². The molecule has 3 aromatic carbocycles. The zero-order chi connectivity index (χ0) is 26.3. The van der Waals surface area contributed by atoms with Gasteiger partial charge in [0.05, 0.1) is 30.8 Å². The van der Waals surface area contributed by atoms with E-state index < -0.39 is 15.9 Å². The van der Waals surface area contributed by atoms with Crippen LogP contribution in [0.25, 0.3) is 0 Å². The smallest absolute Gasteiger partial charge is 0.264 e. The summed E-state index contributed by atoms with van der Waals surface area (Å²) in [4.78, 5) is 13.4. The molecule has 1 amide bonds. The molecule has 0 aliphatic carbocycles. The minimum Gasteiger partial charge on any atom is -0.497 e. The highest BCUT2D eigenvalue weighted by atomic mass is 32.2. The van der Waals surface area contributed by atoms with Crippen LogP contribution in [0.5, 0.6) is 11.5 Å². The molecular weight excluding hydrogens is 476 g/mol. The van der Waals surface area contributed by atoms with Crippen LogP contribution >= 0.6 is 0 Å². The van der Waals surface area contributed by atoms with Crippen LogP contribution in [-0.2, 0) is 14.8 Å². The second kappa shape index (κ2) is 11.9. The number of sulfonamides is 1. The van der Waals surface area contributed by atoms with Gasteiger partial charge in [-0.1, -0.05) is 43.7 Å². The molecule has 0 saturated carbocycles. The lowest BCUT2D eigenvalue weighted by molar-refractivity contribution is -0.120. The molecule has 0 heterocycles. The molecule has 1 atom stereocenters. The zero-order valence-electron chi connectivity index (χ0n) is 21.4. The molecule has 0 aliphatic heterocycles. The fraction of sp³-hybridized carbons (Fsp3) is 0.321. The first-order valence-electron chi connectivity index (χ1n) is 11.8. The monoisotopic (exact) mass is 510 g/mol. The fourth-order valence-electron chi connectivity index (χ4n) is 3.86. The molecule has 7 nitrogen and oxygen atoms in total. The van der Waals surface area contributed by atoms with Crippen molar-refractivity contribution in [3.05, 3.63) is 83.9 Å². The average Bonchev–Trinajstić information content (AvgIpc) is 2.87. The third-order valence-electron chi connectivity index (χ3n) is 5.82. The Labute approximate surface area is 214 Å².